The van der Waals surface area contributed by atoms with Crippen LogP contribution in [0.15, 0.2) is 4.42 Å². The topological polar surface area (TPSA) is 67.2 Å². The van der Waals surface area contributed by atoms with Crippen molar-refractivity contribution < 1.29 is 9.21 Å². The lowest BCUT2D eigenvalue weighted by Gasteiger charge is -2.28. The molecule has 1 amide bonds. The predicted molar refractivity (Wildman–Crippen MR) is 75.7 cm³/mol. The normalized spacial score (nSPS) is 20.5. The minimum absolute atomic E-state index is 0. The van der Waals surface area contributed by atoms with Gasteiger partial charge in [-0.05, 0) is 45.7 Å². The van der Waals surface area contributed by atoms with Gasteiger partial charge in [0.15, 0.2) is 5.89 Å². The Morgan fingerprint density at radius 3 is 2.79 bits per heavy atom. The van der Waals surface area contributed by atoms with Gasteiger partial charge in [0.05, 0.1) is 5.69 Å². The number of aryl methyl sites for hydroxylation is 2. The Morgan fingerprint density at radius 2 is 2.26 bits per heavy atom. The molecule has 1 aliphatic rings. The van der Waals surface area contributed by atoms with Gasteiger partial charge >= 0.3 is 0 Å². The maximum absolute atomic E-state index is 12.1. The molecule has 2 rings (SSSR count). The highest BCUT2D eigenvalue weighted by Gasteiger charge is 2.24. The van der Waals surface area contributed by atoms with Crippen molar-refractivity contribution in [3.63, 3.8) is 0 Å². The third kappa shape index (κ3) is 3.94. The van der Waals surface area contributed by atoms with Crippen LogP contribution in [0, 0.1) is 19.8 Å². The van der Waals surface area contributed by atoms with E-state index in [1.54, 1.807) is 13.8 Å². The average Bonchev–Trinajstić information content (AvgIpc) is 2.69. The highest BCUT2D eigenvalue weighted by atomic mass is 35.5. The Labute approximate surface area is 120 Å². The Bertz CT molecular complexity index is 428. The molecule has 0 bridgehead atoms. The molecule has 0 spiro atoms. The zero-order chi connectivity index (χ0) is 13.1. The molecular weight excluding hydrogens is 266 g/mol. The van der Waals surface area contributed by atoms with Gasteiger partial charge in [-0.3, -0.25) is 4.79 Å². The van der Waals surface area contributed by atoms with E-state index in [1.807, 2.05) is 6.92 Å². The second-order valence-electron chi connectivity index (χ2n) is 5.02. The van der Waals surface area contributed by atoms with Crippen LogP contribution in [0.25, 0.3) is 0 Å². The van der Waals surface area contributed by atoms with Crippen LogP contribution < -0.4 is 10.6 Å². The van der Waals surface area contributed by atoms with Gasteiger partial charge in [0.25, 0.3) is 5.91 Å². The summed E-state index contributed by atoms with van der Waals surface area (Å²) < 4.78 is 5.33. The first kappa shape index (κ1) is 16.0. The quantitative estimate of drug-likeness (QED) is 0.890. The lowest BCUT2D eigenvalue weighted by atomic mass is 9.93. The third-order valence-electron chi connectivity index (χ3n) is 3.51. The van der Waals surface area contributed by atoms with Gasteiger partial charge in [0, 0.05) is 13.0 Å². The number of oxazole rings is 1. The van der Waals surface area contributed by atoms with Crippen LogP contribution in [0.2, 0.25) is 0 Å². The molecule has 0 aliphatic carbocycles. The maximum atomic E-state index is 12.1. The molecule has 1 fully saturated rings. The molecule has 2 atom stereocenters. The summed E-state index contributed by atoms with van der Waals surface area (Å²) in [6.07, 6.45) is 2.33. The summed E-state index contributed by atoms with van der Waals surface area (Å²) in [5.74, 6) is 1.20. The average molecular weight is 288 g/mol. The lowest BCUT2D eigenvalue weighted by Crippen LogP contribution is -2.44. The number of amides is 1. The van der Waals surface area contributed by atoms with Crippen molar-refractivity contribution in [1.82, 2.24) is 15.6 Å². The number of nitrogens with one attached hydrogen (secondary N) is 2. The highest BCUT2D eigenvalue weighted by molar-refractivity contribution is 5.92. The smallest absolute Gasteiger partial charge is 0.289 e. The van der Waals surface area contributed by atoms with Gasteiger partial charge in [-0.25, -0.2) is 4.98 Å². The molecule has 0 radical (unpaired) electrons. The fourth-order valence-corrected chi connectivity index (χ4v) is 2.44. The van der Waals surface area contributed by atoms with E-state index in [2.05, 4.69) is 15.6 Å². The van der Waals surface area contributed by atoms with E-state index in [9.17, 15) is 4.79 Å². The lowest BCUT2D eigenvalue weighted by molar-refractivity contribution is 0.0891. The first-order chi connectivity index (χ1) is 8.58. The van der Waals surface area contributed by atoms with Crippen molar-refractivity contribution in [2.45, 2.75) is 39.7 Å². The highest BCUT2D eigenvalue weighted by Crippen LogP contribution is 2.15. The zero-order valence-corrected chi connectivity index (χ0v) is 12.5. The fourth-order valence-electron chi connectivity index (χ4n) is 2.44. The van der Waals surface area contributed by atoms with E-state index in [-0.39, 0.29) is 24.4 Å². The number of carbonyl (C=O) groups is 1. The number of hydrogen-bond acceptors (Lipinski definition) is 4. The minimum atomic E-state index is -0.161. The number of carbonyl (C=O) groups excluding carboxylic acids is 1. The molecule has 1 aliphatic heterocycles. The molecule has 19 heavy (non-hydrogen) atoms. The SMILES string of the molecule is Cc1nc(C)c(C(=O)NC(C)C2CCCNC2)o1.Cl. The summed E-state index contributed by atoms with van der Waals surface area (Å²) in [7, 11) is 0. The molecule has 6 heteroatoms. The summed E-state index contributed by atoms with van der Waals surface area (Å²) in [6, 6.07) is 0.148. The summed E-state index contributed by atoms with van der Waals surface area (Å²) in [5.41, 5.74) is 0.652. The van der Waals surface area contributed by atoms with Gasteiger partial charge in [0.1, 0.15) is 0 Å². The van der Waals surface area contributed by atoms with Crippen molar-refractivity contribution in [3.05, 3.63) is 17.3 Å². The summed E-state index contributed by atoms with van der Waals surface area (Å²) in [5, 5.41) is 6.36. The fraction of sp³-hybridized carbons (Fsp3) is 0.692. The van der Waals surface area contributed by atoms with Gasteiger partial charge in [-0.1, -0.05) is 0 Å². The number of hydrogen-bond donors (Lipinski definition) is 2. The first-order valence-corrected chi connectivity index (χ1v) is 6.53. The Morgan fingerprint density at radius 1 is 1.53 bits per heavy atom. The van der Waals surface area contributed by atoms with Gasteiger partial charge in [0.2, 0.25) is 5.76 Å². The second-order valence-corrected chi connectivity index (χ2v) is 5.02. The monoisotopic (exact) mass is 287 g/mol. The van der Waals surface area contributed by atoms with Crippen LogP contribution in [-0.2, 0) is 0 Å². The molecule has 5 nitrogen and oxygen atoms in total. The van der Waals surface area contributed by atoms with E-state index in [0.29, 0.717) is 23.3 Å². The number of nitrogens with zero attached hydrogens (tertiary/aromatic N) is 1. The van der Waals surface area contributed by atoms with E-state index >= 15 is 0 Å². The number of halogens is 1. The van der Waals surface area contributed by atoms with Crippen molar-refractivity contribution in [2.75, 3.05) is 13.1 Å². The molecule has 2 unspecified atom stereocenters. The largest absolute Gasteiger partial charge is 0.436 e. The maximum Gasteiger partial charge on any atom is 0.289 e. The van der Waals surface area contributed by atoms with Crippen molar-refractivity contribution in [1.29, 1.82) is 0 Å². The summed E-state index contributed by atoms with van der Waals surface area (Å²) >= 11 is 0. The summed E-state index contributed by atoms with van der Waals surface area (Å²) in [4.78, 5) is 16.2. The standard InChI is InChI=1S/C13H21N3O2.ClH/c1-8(11-5-4-6-14-7-11)16-13(17)12-9(2)15-10(3)18-12;/h8,11,14H,4-7H2,1-3H3,(H,16,17);1H. The molecule has 1 aromatic rings. The van der Waals surface area contributed by atoms with Crippen LogP contribution in [-0.4, -0.2) is 30.0 Å². The Hall–Kier alpha value is -1.07. The van der Waals surface area contributed by atoms with Crippen LogP contribution in [0.3, 0.4) is 0 Å². The van der Waals surface area contributed by atoms with Crippen LogP contribution in [0.1, 0.15) is 41.9 Å². The van der Waals surface area contributed by atoms with Crippen LogP contribution in [0.4, 0.5) is 0 Å². The molecule has 2 heterocycles. The Balaban J connectivity index is 0.00000180. The minimum Gasteiger partial charge on any atom is -0.436 e. The first-order valence-electron chi connectivity index (χ1n) is 6.53. The molecular formula is C13H22ClN3O2. The molecule has 2 N–H and O–H groups in total. The van der Waals surface area contributed by atoms with E-state index in [1.165, 1.54) is 6.42 Å². The molecule has 0 saturated carbocycles. The molecule has 1 aromatic heterocycles. The molecule has 0 aromatic carbocycles. The second kappa shape index (κ2) is 6.91. The molecule has 1 saturated heterocycles. The van der Waals surface area contributed by atoms with Gasteiger partial charge < -0.3 is 15.1 Å². The predicted octanol–water partition coefficient (Wildman–Crippen LogP) is 1.83. The third-order valence-corrected chi connectivity index (χ3v) is 3.51. The number of piperidine rings is 1. The summed E-state index contributed by atoms with van der Waals surface area (Å²) in [6.45, 7) is 7.64. The molecule has 108 valence electrons. The van der Waals surface area contributed by atoms with Crippen molar-refractivity contribution >= 4 is 18.3 Å². The van der Waals surface area contributed by atoms with Crippen LogP contribution in [0.5, 0.6) is 0 Å². The van der Waals surface area contributed by atoms with Gasteiger partial charge in [-0.15, -0.1) is 12.4 Å². The van der Waals surface area contributed by atoms with E-state index in [4.69, 9.17) is 4.42 Å². The van der Waals surface area contributed by atoms with Gasteiger partial charge in [-0.2, -0.15) is 0 Å². The number of rotatable bonds is 3. The van der Waals surface area contributed by atoms with Crippen molar-refractivity contribution in [2.24, 2.45) is 5.92 Å². The Kier molecular flexibility index (Phi) is 5.82. The zero-order valence-electron chi connectivity index (χ0n) is 11.7. The van der Waals surface area contributed by atoms with E-state index < -0.39 is 0 Å². The van der Waals surface area contributed by atoms with Crippen LogP contribution >= 0.6 is 12.4 Å². The number of aromatic nitrogens is 1. The van der Waals surface area contributed by atoms with E-state index in [0.717, 1.165) is 19.5 Å². The van der Waals surface area contributed by atoms with Crippen molar-refractivity contribution in [3.8, 4) is 0 Å².